The molecule has 11 rings (SSSR count). The standard InChI is InChI=1S/C52H34OS/c1-31(35-25-28-44-46(30-35)53-45-29-26-34-24-27-43-37-15-9-10-21-47(37)54-52(43)49(34)51(44)45)22-23-32(2)48-39-16-5-7-18-41(39)50(42-19-8-6-17-40(42)48)38-20-11-13-33-12-3-4-14-36(33)38/h3-30H,1-2H3/b31-22+,32-23+. The zero-order valence-corrected chi connectivity index (χ0v) is 30.8. The average Bonchev–Trinajstić information content (AvgIpc) is 3.80. The lowest BCUT2D eigenvalue weighted by Crippen LogP contribution is -1.93. The van der Waals surface area contributed by atoms with Crippen molar-refractivity contribution in [2.45, 2.75) is 13.8 Å². The van der Waals surface area contributed by atoms with Crippen molar-refractivity contribution >= 4 is 108 Å². The zero-order chi connectivity index (χ0) is 35.9. The highest BCUT2D eigenvalue weighted by Crippen LogP contribution is 2.45. The average molecular weight is 707 g/mol. The number of hydrogen-bond acceptors (Lipinski definition) is 2. The summed E-state index contributed by atoms with van der Waals surface area (Å²) in [6.07, 6.45) is 4.55. The summed E-state index contributed by atoms with van der Waals surface area (Å²) in [5, 5.41) is 15.1. The Balaban J connectivity index is 1.04. The lowest BCUT2D eigenvalue weighted by atomic mass is 9.85. The first-order chi connectivity index (χ1) is 26.6. The normalized spacial score (nSPS) is 12.9. The van der Waals surface area contributed by atoms with E-state index in [2.05, 4.69) is 184 Å². The van der Waals surface area contributed by atoms with Gasteiger partial charge in [-0.15, -0.1) is 11.3 Å². The molecule has 0 aliphatic rings. The Morgan fingerprint density at radius 2 is 1.09 bits per heavy atom. The predicted molar refractivity (Wildman–Crippen MR) is 236 cm³/mol. The monoisotopic (exact) mass is 706 g/mol. The molecule has 254 valence electrons. The highest BCUT2D eigenvalue weighted by atomic mass is 32.1. The van der Waals surface area contributed by atoms with Crippen LogP contribution in [0.1, 0.15) is 25.0 Å². The minimum atomic E-state index is 0.919. The Hall–Kier alpha value is -6.48. The number of rotatable bonds is 4. The largest absolute Gasteiger partial charge is 0.456 e. The van der Waals surface area contributed by atoms with Gasteiger partial charge in [-0.3, -0.25) is 0 Å². The highest BCUT2D eigenvalue weighted by molar-refractivity contribution is 7.26. The molecule has 9 aromatic carbocycles. The third-order valence-corrected chi connectivity index (χ3v) is 12.6. The summed E-state index contributed by atoms with van der Waals surface area (Å²) in [7, 11) is 0. The first-order valence-electron chi connectivity index (χ1n) is 18.6. The summed E-state index contributed by atoms with van der Waals surface area (Å²) < 4.78 is 9.25. The maximum atomic E-state index is 6.60. The molecule has 11 aromatic rings. The fourth-order valence-corrected chi connectivity index (χ4v) is 10.1. The molecule has 0 bridgehead atoms. The minimum absolute atomic E-state index is 0.919. The van der Waals surface area contributed by atoms with Crippen LogP contribution in [0, 0.1) is 0 Å². The van der Waals surface area contributed by atoms with Gasteiger partial charge in [0.25, 0.3) is 0 Å². The molecular formula is C52H34OS. The van der Waals surface area contributed by atoms with Gasteiger partial charge in [-0.25, -0.2) is 0 Å². The molecule has 0 aliphatic heterocycles. The van der Waals surface area contributed by atoms with Crippen LogP contribution in [-0.2, 0) is 0 Å². The molecule has 0 amide bonds. The molecule has 0 fully saturated rings. The fourth-order valence-electron chi connectivity index (χ4n) is 8.82. The maximum Gasteiger partial charge on any atom is 0.136 e. The van der Waals surface area contributed by atoms with Crippen molar-refractivity contribution in [3.63, 3.8) is 0 Å². The molecule has 2 aromatic heterocycles. The smallest absolute Gasteiger partial charge is 0.136 e. The zero-order valence-electron chi connectivity index (χ0n) is 30.0. The molecule has 0 aliphatic carbocycles. The second-order valence-corrected chi connectivity index (χ2v) is 15.5. The topological polar surface area (TPSA) is 13.1 Å². The van der Waals surface area contributed by atoms with E-state index >= 15 is 0 Å². The molecule has 0 unspecified atom stereocenters. The molecular weight excluding hydrogens is 673 g/mol. The van der Waals surface area contributed by atoms with Gasteiger partial charge in [0, 0.05) is 36.3 Å². The van der Waals surface area contributed by atoms with Gasteiger partial charge in [0.05, 0.1) is 0 Å². The lowest BCUT2D eigenvalue weighted by Gasteiger charge is -2.19. The van der Waals surface area contributed by atoms with Gasteiger partial charge in [-0.05, 0) is 109 Å². The summed E-state index contributed by atoms with van der Waals surface area (Å²) >= 11 is 1.88. The lowest BCUT2D eigenvalue weighted by molar-refractivity contribution is 0.669. The second-order valence-electron chi connectivity index (χ2n) is 14.5. The summed E-state index contributed by atoms with van der Waals surface area (Å²) in [5.41, 5.74) is 9.27. The Labute approximate surface area is 316 Å². The first-order valence-corrected chi connectivity index (χ1v) is 19.4. The van der Waals surface area contributed by atoms with E-state index in [9.17, 15) is 0 Å². The highest BCUT2D eigenvalue weighted by Gasteiger charge is 2.18. The quantitative estimate of drug-likeness (QED) is 0.131. The van der Waals surface area contributed by atoms with Crippen LogP contribution in [0.5, 0.6) is 0 Å². The van der Waals surface area contributed by atoms with Crippen LogP contribution >= 0.6 is 11.3 Å². The summed E-state index contributed by atoms with van der Waals surface area (Å²) in [5.74, 6) is 0. The second kappa shape index (κ2) is 12.0. The first kappa shape index (κ1) is 31.1. The van der Waals surface area contributed by atoms with Gasteiger partial charge in [-0.1, -0.05) is 146 Å². The van der Waals surface area contributed by atoms with Gasteiger partial charge < -0.3 is 4.42 Å². The molecule has 0 spiro atoms. The number of thiophene rings is 1. The van der Waals surface area contributed by atoms with E-state index in [0.717, 1.165) is 22.1 Å². The maximum absolute atomic E-state index is 6.60. The van der Waals surface area contributed by atoms with Crippen LogP contribution in [0.25, 0.3) is 107 Å². The van der Waals surface area contributed by atoms with E-state index in [1.165, 1.54) is 96.5 Å². The van der Waals surface area contributed by atoms with E-state index in [0.29, 0.717) is 0 Å². The van der Waals surface area contributed by atoms with Crippen LogP contribution in [-0.4, -0.2) is 0 Å². The van der Waals surface area contributed by atoms with Crippen LogP contribution in [0.4, 0.5) is 0 Å². The van der Waals surface area contributed by atoms with Crippen molar-refractivity contribution in [3.8, 4) is 11.1 Å². The van der Waals surface area contributed by atoms with Crippen molar-refractivity contribution in [3.05, 3.63) is 181 Å². The molecule has 1 nitrogen and oxygen atoms in total. The number of hydrogen-bond donors (Lipinski definition) is 0. The van der Waals surface area contributed by atoms with Gasteiger partial charge in [-0.2, -0.15) is 0 Å². The Bertz CT molecular complexity index is 3340. The van der Waals surface area contributed by atoms with Crippen molar-refractivity contribution in [1.29, 1.82) is 0 Å². The SMILES string of the molecule is C/C(=C\C=C(/C)c1c2ccccc2c(-c2cccc3ccccc23)c2ccccc12)c1ccc2c(c1)oc1ccc3ccc4c5ccccc5sc4c3c12. The Morgan fingerprint density at radius 3 is 1.89 bits per heavy atom. The Kier molecular flexibility index (Phi) is 6.92. The van der Waals surface area contributed by atoms with Gasteiger partial charge >= 0.3 is 0 Å². The van der Waals surface area contributed by atoms with E-state index < -0.39 is 0 Å². The minimum Gasteiger partial charge on any atom is -0.456 e. The molecule has 2 heteroatoms. The van der Waals surface area contributed by atoms with Crippen molar-refractivity contribution in [2.24, 2.45) is 0 Å². The number of benzene rings is 9. The van der Waals surface area contributed by atoms with Crippen molar-refractivity contribution < 1.29 is 4.42 Å². The number of allylic oxidation sites excluding steroid dienone is 4. The van der Waals surface area contributed by atoms with Crippen molar-refractivity contribution in [1.82, 2.24) is 0 Å². The van der Waals surface area contributed by atoms with E-state index in [1.54, 1.807) is 0 Å². The molecule has 0 N–H and O–H groups in total. The van der Waals surface area contributed by atoms with Gasteiger partial charge in [0.15, 0.2) is 0 Å². The molecule has 54 heavy (non-hydrogen) atoms. The third-order valence-electron chi connectivity index (χ3n) is 11.4. The van der Waals surface area contributed by atoms with Crippen LogP contribution in [0.2, 0.25) is 0 Å². The Morgan fingerprint density at radius 1 is 0.463 bits per heavy atom. The third kappa shape index (κ3) is 4.63. The van der Waals surface area contributed by atoms with Gasteiger partial charge in [0.2, 0.25) is 0 Å². The molecule has 0 saturated carbocycles. The molecule has 0 radical (unpaired) electrons. The summed E-state index contributed by atoms with van der Waals surface area (Å²) in [4.78, 5) is 0. The number of fused-ring (bicyclic) bond motifs is 12. The van der Waals surface area contributed by atoms with Crippen LogP contribution in [0.15, 0.2) is 174 Å². The summed E-state index contributed by atoms with van der Waals surface area (Å²) in [6.45, 7) is 4.45. The number of furan rings is 1. The van der Waals surface area contributed by atoms with E-state index in [1.807, 2.05) is 11.3 Å². The van der Waals surface area contributed by atoms with Gasteiger partial charge in [0.1, 0.15) is 11.2 Å². The van der Waals surface area contributed by atoms with Crippen LogP contribution < -0.4 is 0 Å². The molecule has 0 atom stereocenters. The van der Waals surface area contributed by atoms with E-state index in [4.69, 9.17) is 4.42 Å². The molecule has 0 saturated heterocycles. The molecule has 2 heterocycles. The van der Waals surface area contributed by atoms with E-state index in [-0.39, 0.29) is 0 Å². The van der Waals surface area contributed by atoms with Crippen LogP contribution in [0.3, 0.4) is 0 Å². The summed E-state index contributed by atoms with van der Waals surface area (Å²) in [6, 6.07) is 57.5. The fraction of sp³-hybridized carbons (Fsp3) is 0.0385. The predicted octanol–water partition coefficient (Wildman–Crippen LogP) is 15.7. The van der Waals surface area contributed by atoms with Crippen molar-refractivity contribution in [2.75, 3.05) is 0 Å².